The van der Waals surface area contributed by atoms with E-state index in [1.54, 1.807) is 31.6 Å². The van der Waals surface area contributed by atoms with E-state index in [1.807, 2.05) is 11.0 Å². The molecular formula is C30H44N4. The molecule has 0 atom stereocenters. The fourth-order valence-corrected chi connectivity index (χ4v) is 4.31. The van der Waals surface area contributed by atoms with Crippen molar-refractivity contribution >= 4 is 11.4 Å². The Kier molecular flexibility index (Phi) is 5.98. The van der Waals surface area contributed by atoms with Crippen LogP contribution in [0, 0.1) is 0 Å². The molecule has 1 heterocycles. The van der Waals surface area contributed by atoms with E-state index in [0.717, 1.165) is 16.9 Å². The lowest BCUT2D eigenvalue weighted by Crippen LogP contribution is -2.22. The van der Waals surface area contributed by atoms with E-state index in [-0.39, 0.29) is 25.2 Å². The molecule has 4 nitrogen and oxygen atoms in total. The smallest absolute Gasteiger partial charge is 0.0938 e. The number of hydrogen-bond donors (Lipinski definition) is 1. The number of hydrogen-bond acceptors (Lipinski definition) is 4. The minimum Gasteiger partial charge on any atom is -0.368 e. The van der Waals surface area contributed by atoms with Crippen molar-refractivity contribution in [2.75, 3.05) is 37.5 Å². The standard InChI is InChI=1S/C30H44N4/c1-10-11-32(8)19-31-26-14-25(15-27(18-26)34-13-12-33(9)20-34)30-28(22(4)5)16-24(21(2)3)17-29(30)23(6)7/h10-18,21-23,31H,19-20H2,1-9H3/b11-10-/i8D3,9D3. The van der Waals surface area contributed by atoms with E-state index in [1.165, 1.54) is 32.1 Å². The molecule has 0 unspecified atom stereocenters. The highest BCUT2D eigenvalue weighted by Crippen LogP contribution is 2.41. The largest absolute Gasteiger partial charge is 0.368 e. The molecule has 34 heavy (non-hydrogen) atoms. The van der Waals surface area contributed by atoms with Gasteiger partial charge in [-0.05, 0) is 76.9 Å². The number of allylic oxidation sites excluding steroid dienone is 1. The van der Waals surface area contributed by atoms with Crippen LogP contribution in [0.3, 0.4) is 0 Å². The molecule has 0 spiro atoms. The Bertz CT molecular complexity index is 1200. The van der Waals surface area contributed by atoms with Crippen molar-refractivity contribution in [1.29, 1.82) is 0 Å². The fourth-order valence-electron chi connectivity index (χ4n) is 4.31. The molecule has 0 saturated carbocycles. The molecule has 1 N–H and O–H groups in total. The summed E-state index contributed by atoms with van der Waals surface area (Å²) in [4.78, 5) is 4.51. The van der Waals surface area contributed by atoms with Crippen LogP contribution in [-0.4, -0.2) is 37.1 Å². The van der Waals surface area contributed by atoms with Crippen LogP contribution in [0.2, 0.25) is 0 Å². The number of benzene rings is 2. The summed E-state index contributed by atoms with van der Waals surface area (Å²) in [6.45, 7) is 10.8. The molecule has 1 aliphatic rings. The van der Waals surface area contributed by atoms with Gasteiger partial charge in [0.25, 0.3) is 0 Å². The molecule has 0 bridgehead atoms. The molecular weight excluding hydrogens is 416 g/mol. The first-order valence-corrected chi connectivity index (χ1v) is 12.2. The van der Waals surface area contributed by atoms with Crippen LogP contribution >= 0.6 is 0 Å². The molecule has 0 radical (unpaired) electrons. The molecule has 1 aliphatic heterocycles. The second-order valence-electron chi connectivity index (χ2n) is 9.97. The predicted molar refractivity (Wildman–Crippen MR) is 149 cm³/mol. The summed E-state index contributed by atoms with van der Waals surface area (Å²) in [5.74, 6) is 0.959. The Labute approximate surface area is 216 Å². The highest BCUT2D eigenvalue weighted by atomic mass is 15.3. The highest BCUT2D eigenvalue weighted by Gasteiger charge is 2.21. The van der Waals surface area contributed by atoms with Crippen LogP contribution in [0.4, 0.5) is 11.4 Å². The van der Waals surface area contributed by atoms with Crippen LogP contribution in [0.1, 0.15) is 91.1 Å². The highest BCUT2D eigenvalue weighted by molar-refractivity contribution is 5.80. The van der Waals surface area contributed by atoms with Gasteiger partial charge in [-0.15, -0.1) is 0 Å². The van der Waals surface area contributed by atoms with E-state index in [0.29, 0.717) is 5.92 Å². The van der Waals surface area contributed by atoms with Crippen molar-refractivity contribution < 1.29 is 8.22 Å². The molecule has 2 aromatic carbocycles. The third kappa shape index (κ3) is 5.97. The van der Waals surface area contributed by atoms with Gasteiger partial charge in [-0.25, -0.2) is 0 Å². The van der Waals surface area contributed by atoms with Crippen LogP contribution in [0.15, 0.2) is 55.0 Å². The van der Waals surface area contributed by atoms with Crippen molar-refractivity contribution in [3.63, 3.8) is 0 Å². The topological polar surface area (TPSA) is 21.8 Å². The summed E-state index contributed by atoms with van der Waals surface area (Å²) in [5.41, 5.74) is 7.60. The molecule has 184 valence electrons. The van der Waals surface area contributed by atoms with E-state index < -0.39 is 14.0 Å². The molecule has 4 heteroatoms. The van der Waals surface area contributed by atoms with Gasteiger partial charge in [-0.3, -0.25) is 0 Å². The van der Waals surface area contributed by atoms with Crippen molar-refractivity contribution in [1.82, 2.24) is 9.80 Å². The minimum absolute atomic E-state index is 0.0847. The van der Waals surface area contributed by atoms with E-state index in [9.17, 15) is 0 Å². The van der Waals surface area contributed by atoms with Gasteiger partial charge in [0.2, 0.25) is 0 Å². The first-order chi connectivity index (χ1) is 18.5. The minimum atomic E-state index is -2.29. The van der Waals surface area contributed by atoms with Crippen LogP contribution in [0.25, 0.3) is 11.1 Å². The fraction of sp³-hybridized carbons (Fsp3) is 0.467. The van der Waals surface area contributed by atoms with Gasteiger partial charge in [0.1, 0.15) is 0 Å². The maximum Gasteiger partial charge on any atom is 0.0938 e. The average Bonchev–Trinajstić information content (AvgIpc) is 3.36. The van der Waals surface area contributed by atoms with Crippen LogP contribution < -0.4 is 10.2 Å². The van der Waals surface area contributed by atoms with Crippen molar-refractivity contribution in [2.45, 2.75) is 66.2 Å². The van der Waals surface area contributed by atoms with E-state index in [4.69, 9.17) is 8.22 Å². The van der Waals surface area contributed by atoms with Gasteiger partial charge in [0.15, 0.2) is 0 Å². The Hall–Kier alpha value is -2.88. The number of anilines is 2. The van der Waals surface area contributed by atoms with Crippen molar-refractivity contribution in [3.05, 3.63) is 71.7 Å². The van der Waals surface area contributed by atoms with Gasteiger partial charge in [0, 0.05) is 46.0 Å². The Balaban J connectivity index is 2.19. The third-order valence-electron chi connectivity index (χ3n) is 6.18. The predicted octanol–water partition coefficient (Wildman–Crippen LogP) is 7.74. The third-order valence-corrected chi connectivity index (χ3v) is 6.18. The SMILES string of the molecule is [2H]C([2H])([2H])N1C=CN(c2cc(NCN(/C=C\C)C([2H])([2H])[2H])cc(-c3c(C(C)C)cc(C(C)C)cc3C(C)C)c2)C1. The average molecular weight is 467 g/mol. The monoisotopic (exact) mass is 466 g/mol. The Morgan fingerprint density at radius 3 is 2.21 bits per heavy atom. The zero-order chi connectivity index (χ0) is 30.0. The lowest BCUT2D eigenvalue weighted by molar-refractivity contribution is 0.490. The summed E-state index contributed by atoms with van der Waals surface area (Å²) in [5, 5.41) is 3.32. The number of nitrogens with one attached hydrogen (secondary N) is 1. The molecule has 2 aromatic rings. The van der Waals surface area contributed by atoms with Crippen LogP contribution in [-0.2, 0) is 0 Å². The van der Waals surface area contributed by atoms with Gasteiger partial charge in [-0.1, -0.05) is 59.8 Å². The second-order valence-corrected chi connectivity index (χ2v) is 9.97. The van der Waals surface area contributed by atoms with E-state index >= 15 is 0 Å². The quantitative estimate of drug-likeness (QED) is 0.381. The summed E-state index contributed by atoms with van der Waals surface area (Å²) in [6, 6.07) is 10.7. The van der Waals surface area contributed by atoms with Gasteiger partial charge in [0.05, 0.1) is 13.3 Å². The van der Waals surface area contributed by atoms with Crippen molar-refractivity contribution in [2.24, 2.45) is 0 Å². The molecule has 0 amide bonds. The number of rotatable bonds is 9. The molecule has 0 aromatic heterocycles. The molecule has 0 aliphatic carbocycles. The summed E-state index contributed by atoms with van der Waals surface area (Å²) in [7, 11) is 0. The van der Waals surface area contributed by atoms with Crippen molar-refractivity contribution in [3.8, 4) is 11.1 Å². The van der Waals surface area contributed by atoms with Crippen LogP contribution in [0.5, 0.6) is 0 Å². The van der Waals surface area contributed by atoms with Gasteiger partial charge in [-0.2, -0.15) is 0 Å². The summed E-state index contributed by atoms with van der Waals surface area (Å²) in [6.07, 6.45) is 6.62. The number of nitrogens with zero attached hydrogens (tertiary/aromatic N) is 3. The maximum atomic E-state index is 7.89. The first kappa shape index (κ1) is 18.4. The summed E-state index contributed by atoms with van der Waals surface area (Å²) >= 11 is 0. The lowest BCUT2D eigenvalue weighted by Gasteiger charge is -2.26. The molecule has 0 saturated heterocycles. The van der Waals surface area contributed by atoms with E-state index in [2.05, 4.69) is 71.1 Å². The first-order valence-electron chi connectivity index (χ1n) is 15.2. The van der Waals surface area contributed by atoms with Gasteiger partial charge < -0.3 is 20.0 Å². The summed E-state index contributed by atoms with van der Waals surface area (Å²) < 4.78 is 47.1. The Morgan fingerprint density at radius 1 is 0.971 bits per heavy atom. The normalized spacial score (nSPS) is 17.2. The molecule has 0 fully saturated rings. The second kappa shape index (κ2) is 11.0. The zero-order valence-electron chi connectivity index (χ0n) is 27.7. The van der Waals surface area contributed by atoms with Gasteiger partial charge >= 0.3 is 0 Å². The molecule has 3 rings (SSSR count). The maximum absolute atomic E-state index is 7.89. The lowest BCUT2D eigenvalue weighted by atomic mass is 9.81. The Morgan fingerprint density at radius 2 is 1.68 bits per heavy atom. The zero-order valence-corrected chi connectivity index (χ0v) is 21.7.